The first kappa shape index (κ1) is 13.2. The molecule has 0 fully saturated rings. The van der Waals surface area contributed by atoms with E-state index in [4.69, 9.17) is 5.73 Å². The number of nitrogens with one attached hydrogen (secondary N) is 2. The predicted molar refractivity (Wildman–Crippen MR) is 67.4 cm³/mol. The number of nitrogens with two attached hydrogens (primary N) is 1. The molecule has 0 aliphatic carbocycles. The van der Waals surface area contributed by atoms with Gasteiger partial charge in [0.25, 0.3) is 0 Å². The Labute approximate surface area is 101 Å². The highest BCUT2D eigenvalue weighted by atomic mass is 16.1. The van der Waals surface area contributed by atoms with Gasteiger partial charge in [-0.15, -0.1) is 0 Å². The second-order valence-electron chi connectivity index (χ2n) is 3.88. The molecule has 4 N–H and O–H groups in total. The minimum atomic E-state index is 0.0373. The molecular formula is C11H19N5O. The average molecular weight is 237 g/mol. The van der Waals surface area contributed by atoms with Gasteiger partial charge in [-0.05, 0) is 13.3 Å². The molecule has 1 atom stereocenters. The molecule has 94 valence electrons. The summed E-state index contributed by atoms with van der Waals surface area (Å²) in [6, 6.07) is 0.221. The lowest BCUT2D eigenvalue weighted by atomic mass is 10.2. The molecule has 1 rings (SSSR count). The fourth-order valence-corrected chi connectivity index (χ4v) is 1.18. The summed E-state index contributed by atoms with van der Waals surface area (Å²) in [7, 11) is 0. The van der Waals surface area contributed by atoms with Crippen LogP contribution in [0.25, 0.3) is 0 Å². The molecule has 1 heterocycles. The molecule has 0 bridgehead atoms. The zero-order chi connectivity index (χ0) is 12.7. The van der Waals surface area contributed by atoms with Crippen LogP contribution in [-0.4, -0.2) is 28.5 Å². The number of rotatable bonds is 6. The van der Waals surface area contributed by atoms with E-state index in [1.54, 1.807) is 6.20 Å². The molecule has 6 heteroatoms. The summed E-state index contributed by atoms with van der Waals surface area (Å²) >= 11 is 0. The summed E-state index contributed by atoms with van der Waals surface area (Å²) in [5, 5.41) is 5.89. The van der Waals surface area contributed by atoms with Crippen molar-refractivity contribution in [3.05, 3.63) is 12.4 Å². The minimum Gasteiger partial charge on any atom is -0.382 e. The summed E-state index contributed by atoms with van der Waals surface area (Å²) in [6.07, 6.45) is 4.36. The van der Waals surface area contributed by atoms with Gasteiger partial charge in [0.2, 0.25) is 5.91 Å². The van der Waals surface area contributed by atoms with Gasteiger partial charge in [0.15, 0.2) is 0 Å². The maximum absolute atomic E-state index is 11.4. The lowest BCUT2D eigenvalue weighted by molar-refractivity contribution is -0.121. The van der Waals surface area contributed by atoms with Crippen LogP contribution in [0.4, 0.5) is 11.6 Å². The van der Waals surface area contributed by atoms with Crippen LogP contribution in [0.15, 0.2) is 12.4 Å². The molecule has 0 saturated heterocycles. The lowest BCUT2D eigenvalue weighted by Crippen LogP contribution is -2.33. The Morgan fingerprint density at radius 3 is 2.82 bits per heavy atom. The van der Waals surface area contributed by atoms with Crippen LogP contribution in [0, 0.1) is 0 Å². The van der Waals surface area contributed by atoms with Gasteiger partial charge < -0.3 is 16.4 Å². The van der Waals surface area contributed by atoms with Crippen LogP contribution in [0.1, 0.15) is 26.7 Å². The highest BCUT2D eigenvalue weighted by Gasteiger charge is 2.04. The summed E-state index contributed by atoms with van der Waals surface area (Å²) in [5.74, 6) is 1.04. The molecular weight excluding hydrogens is 218 g/mol. The zero-order valence-corrected chi connectivity index (χ0v) is 10.2. The maximum Gasteiger partial charge on any atom is 0.221 e. The van der Waals surface area contributed by atoms with Gasteiger partial charge in [-0.3, -0.25) is 4.79 Å². The monoisotopic (exact) mass is 237 g/mol. The lowest BCUT2D eigenvalue weighted by Gasteiger charge is -2.11. The third-order valence-electron chi connectivity index (χ3n) is 2.35. The smallest absolute Gasteiger partial charge is 0.221 e. The van der Waals surface area contributed by atoms with Crippen molar-refractivity contribution in [2.75, 3.05) is 17.6 Å². The SMILES string of the molecule is CCC(C)NC(=O)CCNc1cnc(N)cn1. The van der Waals surface area contributed by atoms with Gasteiger partial charge >= 0.3 is 0 Å². The fourth-order valence-electron chi connectivity index (χ4n) is 1.18. The summed E-state index contributed by atoms with van der Waals surface area (Å²) in [4.78, 5) is 19.4. The first-order chi connectivity index (χ1) is 8.11. The van der Waals surface area contributed by atoms with Crippen molar-refractivity contribution >= 4 is 17.5 Å². The van der Waals surface area contributed by atoms with E-state index in [1.165, 1.54) is 6.20 Å². The van der Waals surface area contributed by atoms with Gasteiger partial charge in [-0.2, -0.15) is 0 Å². The zero-order valence-electron chi connectivity index (χ0n) is 10.2. The van der Waals surface area contributed by atoms with Crippen LogP contribution in [0.3, 0.4) is 0 Å². The van der Waals surface area contributed by atoms with E-state index in [0.29, 0.717) is 24.6 Å². The first-order valence-corrected chi connectivity index (χ1v) is 5.72. The van der Waals surface area contributed by atoms with Crippen LogP contribution < -0.4 is 16.4 Å². The van der Waals surface area contributed by atoms with Crippen LogP contribution >= 0.6 is 0 Å². The third kappa shape index (κ3) is 5.14. The van der Waals surface area contributed by atoms with Crippen molar-refractivity contribution < 1.29 is 4.79 Å². The van der Waals surface area contributed by atoms with Crippen molar-refractivity contribution in [3.8, 4) is 0 Å². The number of carbonyl (C=O) groups is 1. The van der Waals surface area contributed by atoms with Crippen molar-refractivity contribution in [1.29, 1.82) is 0 Å². The normalized spacial score (nSPS) is 11.9. The van der Waals surface area contributed by atoms with E-state index in [1.807, 2.05) is 13.8 Å². The molecule has 1 unspecified atom stereocenters. The van der Waals surface area contributed by atoms with E-state index in [2.05, 4.69) is 20.6 Å². The van der Waals surface area contributed by atoms with E-state index >= 15 is 0 Å². The quantitative estimate of drug-likeness (QED) is 0.679. The second kappa shape index (κ2) is 6.67. The second-order valence-corrected chi connectivity index (χ2v) is 3.88. The molecule has 0 saturated carbocycles. The third-order valence-corrected chi connectivity index (χ3v) is 2.35. The Morgan fingerprint density at radius 1 is 1.47 bits per heavy atom. The molecule has 0 aliphatic heterocycles. The van der Waals surface area contributed by atoms with Crippen molar-refractivity contribution in [3.63, 3.8) is 0 Å². The minimum absolute atomic E-state index is 0.0373. The van der Waals surface area contributed by atoms with Crippen LogP contribution in [0.5, 0.6) is 0 Å². The van der Waals surface area contributed by atoms with Crippen molar-refractivity contribution in [2.45, 2.75) is 32.7 Å². The van der Waals surface area contributed by atoms with Gasteiger partial charge in [0.1, 0.15) is 11.6 Å². The predicted octanol–water partition coefficient (Wildman–Crippen LogP) is 0.775. The van der Waals surface area contributed by atoms with Gasteiger partial charge in [-0.25, -0.2) is 9.97 Å². The highest BCUT2D eigenvalue weighted by Crippen LogP contribution is 2.01. The number of aromatic nitrogens is 2. The largest absolute Gasteiger partial charge is 0.382 e. The number of anilines is 2. The molecule has 6 nitrogen and oxygen atoms in total. The highest BCUT2D eigenvalue weighted by molar-refractivity contribution is 5.76. The number of amides is 1. The van der Waals surface area contributed by atoms with Crippen LogP contribution in [-0.2, 0) is 4.79 Å². The number of nitrogens with zero attached hydrogens (tertiary/aromatic N) is 2. The molecule has 17 heavy (non-hydrogen) atoms. The Balaban J connectivity index is 2.23. The van der Waals surface area contributed by atoms with E-state index in [9.17, 15) is 4.79 Å². The van der Waals surface area contributed by atoms with Crippen LogP contribution in [0.2, 0.25) is 0 Å². The Morgan fingerprint density at radius 2 is 2.24 bits per heavy atom. The topological polar surface area (TPSA) is 92.9 Å². The fraction of sp³-hybridized carbons (Fsp3) is 0.545. The number of hydrogen-bond donors (Lipinski definition) is 3. The molecule has 1 aromatic heterocycles. The van der Waals surface area contributed by atoms with Gasteiger partial charge in [-0.1, -0.05) is 6.92 Å². The molecule has 1 aromatic rings. The Hall–Kier alpha value is -1.85. The van der Waals surface area contributed by atoms with E-state index in [-0.39, 0.29) is 11.9 Å². The van der Waals surface area contributed by atoms with Gasteiger partial charge in [0, 0.05) is 19.0 Å². The maximum atomic E-state index is 11.4. The number of carbonyl (C=O) groups excluding carboxylic acids is 1. The summed E-state index contributed by atoms with van der Waals surface area (Å²) in [5.41, 5.74) is 5.41. The number of hydrogen-bond acceptors (Lipinski definition) is 5. The van der Waals surface area contributed by atoms with E-state index < -0.39 is 0 Å². The summed E-state index contributed by atoms with van der Waals surface area (Å²) < 4.78 is 0. The Kier molecular flexibility index (Phi) is 5.19. The van der Waals surface area contributed by atoms with Crippen molar-refractivity contribution in [2.24, 2.45) is 0 Å². The average Bonchev–Trinajstić information content (AvgIpc) is 2.31. The summed E-state index contributed by atoms with van der Waals surface area (Å²) in [6.45, 7) is 4.55. The molecule has 1 amide bonds. The molecule has 0 aromatic carbocycles. The van der Waals surface area contributed by atoms with Gasteiger partial charge in [0.05, 0.1) is 12.4 Å². The van der Waals surface area contributed by atoms with Crippen molar-refractivity contribution in [1.82, 2.24) is 15.3 Å². The standard InChI is InChI=1S/C11H19N5O/c1-3-8(2)16-11(17)4-5-13-10-7-14-9(12)6-15-10/h6-8H,3-5H2,1-2H3,(H2,12,14)(H,13,15)(H,16,17). The molecule has 0 aliphatic rings. The molecule has 0 spiro atoms. The molecule has 0 radical (unpaired) electrons. The first-order valence-electron chi connectivity index (χ1n) is 5.72. The number of nitrogen functional groups attached to an aromatic ring is 1. The Bertz CT molecular complexity index is 351. The van der Waals surface area contributed by atoms with E-state index in [0.717, 1.165) is 6.42 Å².